The monoisotopic (exact) mass is 243 g/mol. The second kappa shape index (κ2) is 5.54. The molecule has 0 atom stereocenters. The van der Waals surface area contributed by atoms with Gasteiger partial charge in [-0.3, -0.25) is 10.7 Å². The van der Waals surface area contributed by atoms with E-state index in [1.54, 1.807) is 0 Å². The second-order valence-corrected chi connectivity index (χ2v) is 3.06. The van der Waals surface area contributed by atoms with Gasteiger partial charge in [-0.25, -0.2) is 0 Å². The van der Waals surface area contributed by atoms with Crippen molar-refractivity contribution in [3.8, 4) is 11.1 Å². The quantitative estimate of drug-likeness (QED) is 0.628. The first-order valence-electron chi connectivity index (χ1n) is 4.46. The standard InChI is InChI=1S/C12H11NO.Ni/c14-13-12-8-6-11(7-9-12)10-4-2-1-3-5-10;/h1-9,13-14H;. The number of rotatable bonds is 2. The van der Waals surface area contributed by atoms with E-state index < -0.39 is 0 Å². The van der Waals surface area contributed by atoms with Crippen LogP contribution >= 0.6 is 0 Å². The van der Waals surface area contributed by atoms with Gasteiger partial charge in [-0.2, -0.15) is 0 Å². The molecule has 0 aromatic heterocycles. The molecule has 0 aliphatic heterocycles. The zero-order valence-corrected chi connectivity index (χ0v) is 8.95. The second-order valence-electron chi connectivity index (χ2n) is 3.06. The third kappa shape index (κ3) is 2.82. The van der Waals surface area contributed by atoms with E-state index in [1.165, 1.54) is 5.56 Å². The van der Waals surface area contributed by atoms with Crippen molar-refractivity contribution in [1.29, 1.82) is 0 Å². The van der Waals surface area contributed by atoms with Crippen molar-refractivity contribution in [2.24, 2.45) is 0 Å². The van der Waals surface area contributed by atoms with Crippen LogP contribution in [-0.2, 0) is 16.5 Å². The molecule has 0 saturated heterocycles. The van der Waals surface area contributed by atoms with Gasteiger partial charge < -0.3 is 0 Å². The number of nitrogens with one attached hydrogen (secondary N) is 1. The Morgan fingerprint density at radius 2 is 1.27 bits per heavy atom. The first-order valence-corrected chi connectivity index (χ1v) is 4.46. The first-order chi connectivity index (χ1) is 6.90. The van der Waals surface area contributed by atoms with Gasteiger partial charge in [-0.15, -0.1) is 0 Å². The molecule has 0 bridgehead atoms. The van der Waals surface area contributed by atoms with E-state index in [0.29, 0.717) is 5.69 Å². The molecule has 0 aliphatic rings. The van der Waals surface area contributed by atoms with Crippen molar-refractivity contribution in [3.05, 3.63) is 54.6 Å². The molecule has 0 aliphatic carbocycles. The van der Waals surface area contributed by atoms with Crippen molar-refractivity contribution in [3.63, 3.8) is 0 Å². The summed E-state index contributed by atoms with van der Waals surface area (Å²) < 4.78 is 0. The van der Waals surface area contributed by atoms with Gasteiger partial charge in [-0.1, -0.05) is 42.5 Å². The van der Waals surface area contributed by atoms with E-state index in [2.05, 4.69) is 17.6 Å². The molecule has 0 saturated carbocycles. The molecule has 80 valence electrons. The van der Waals surface area contributed by atoms with E-state index in [4.69, 9.17) is 5.21 Å². The molecule has 0 amide bonds. The summed E-state index contributed by atoms with van der Waals surface area (Å²) in [4.78, 5) is 0. The fourth-order valence-electron chi connectivity index (χ4n) is 1.37. The zero-order chi connectivity index (χ0) is 9.80. The van der Waals surface area contributed by atoms with Crippen LogP contribution in [0, 0.1) is 0 Å². The minimum absolute atomic E-state index is 0. The third-order valence-electron chi connectivity index (χ3n) is 2.12. The third-order valence-corrected chi connectivity index (χ3v) is 2.12. The van der Waals surface area contributed by atoms with Crippen molar-refractivity contribution >= 4 is 5.69 Å². The molecule has 2 N–H and O–H groups in total. The topological polar surface area (TPSA) is 32.3 Å². The molecule has 0 heterocycles. The minimum atomic E-state index is 0. The molecular formula is C12H11NNiO. The fraction of sp³-hybridized carbons (Fsp3) is 0. The largest absolute Gasteiger partial charge is 0.291 e. The van der Waals surface area contributed by atoms with Gasteiger partial charge in [0.15, 0.2) is 0 Å². The number of benzene rings is 2. The van der Waals surface area contributed by atoms with E-state index >= 15 is 0 Å². The molecule has 0 radical (unpaired) electrons. The fourth-order valence-corrected chi connectivity index (χ4v) is 1.37. The van der Waals surface area contributed by atoms with E-state index in [1.807, 2.05) is 42.5 Å². The van der Waals surface area contributed by atoms with Crippen molar-refractivity contribution in [2.75, 3.05) is 5.48 Å². The molecule has 0 spiro atoms. The maximum absolute atomic E-state index is 8.65. The molecule has 0 fully saturated rings. The van der Waals surface area contributed by atoms with E-state index in [9.17, 15) is 0 Å². The summed E-state index contributed by atoms with van der Waals surface area (Å²) in [6.07, 6.45) is 0. The molecule has 2 aromatic carbocycles. The summed E-state index contributed by atoms with van der Waals surface area (Å²) in [6, 6.07) is 17.7. The predicted octanol–water partition coefficient (Wildman–Crippen LogP) is 3.15. The van der Waals surface area contributed by atoms with Crippen molar-refractivity contribution < 1.29 is 21.7 Å². The van der Waals surface area contributed by atoms with Crippen LogP contribution in [0.15, 0.2) is 54.6 Å². The molecule has 0 unspecified atom stereocenters. The van der Waals surface area contributed by atoms with Crippen LogP contribution in [0.5, 0.6) is 0 Å². The van der Waals surface area contributed by atoms with E-state index in [0.717, 1.165) is 5.56 Å². The Morgan fingerprint density at radius 1 is 0.733 bits per heavy atom. The first kappa shape index (κ1) is 11.8. The summed E-state index contributed by atoms with van der Waals surface area (Å²) in [7, 11) is 0. The number of anilines is 1. The summed E-state index contributed by atoms with van der Waals surface area (Å²) in [5.74, 6) is 0. The Hall–Kier alpha value is -1.31. The summed E-state index contributed by atoms with van der Waals surface area (Å²) in [6.45, 7) is 0. The molecule has 2 aromatic rings. The van der Waals surface area contributed by atoms with Crippen LogP contribution in [0.25, 0.3) is 11.1 Å². The van der Waals surface area contributed by atoms with Crippen LogP contribution in [0.3, 0.4) is 0 Å². The van der Waals surface area contributed by atoms with Crippen LogP contribution in [0.1, 0.15) is 0 Å². The normalized spacial score (nSPS) is 9.13. The van der Waals surface area contributed by atoms with Crippen LogP contribution in [0.4, 0.5) is 5.69 Å². The van der Waals surface area contributed by atoms with Gasteiger partial charge in [0.2, 0.25) is 0 Å². The Morgan fingerprint density at radius 3 is 1.80 bits per heavy atom. The van der Waals surface area contributed by atoms with Crippen molar-refractivity contribution in [1.82, 2.24) is 0 Å². The Kier molecular flexibility index (Phi) is 4.35. The average Bonchev–Trinajstić information content (AvgIpc) is 2.30. The van der Waals surface area contributed by atoms with Gasteiger partial charge in [0, 0.05) is 16.5 Å². The van der Waals surface area contributed by atoms with Crippen LogP contribution < -0.4 is 5.48 Å². The van der Waals surface area contributed by atoms with Gasteiger partial charge in [0.05, 0.1) is 5.69 Å². The number of hydrogen-bond donors (Lipinski definition) is 2. The van der Waals surface area contributed by atoms with E-state index in [-0.39, 0.29) is 16.5 Å². The Bertz CT molecular complexity index is 400. The zero-order valence-electron chi connectivity index (χ0n) is 7.96. The Labute approximate surface area is 98.8 Å². The maximum atomic E-state index is 8.65. The predicted molar refractivity (Wildman–Crippen MR) is 57.3 cm³/mol. The molecule has 15 heavy (non-hydrogen) atoms. The van der Waals surface area contributed by atoms with Crippen LogP contribution in [0.2, 0.25) is 0 Å². The van der Waals surface area contributed by atoms with Gasteiger partial charge >= 0.3 is 0 Å². The molecule has 2 nitrogen and oxygen atoms in total. The summed E-state index contributed by atoms with van der Waals surface area (Å²) >= 11 is 0. The Balaban J connectivity index is 0.00000112. The minimum Gasteiger partial charge on any atom is -0.291 e. The average molecular weight is 244 g/mol. The van der Waals surface area contributed by atoms with Gasteiger partial charge in [-0.05, 0) is 23.3 Å². The molecular weight excluding hydrogens is 233 g/mol. The van der Waals surface area contributed by atoms with Crippen molar-refractivity contribution in [2.45, 2.75) is 0 Å². The smallest absolute Gasteiger partial charge is 0.0602 e. The summed E-state index contributed by atoms with van der Waals surface area (Å²) in [5, 5.41) is 8.65. The SMILES string of the molecule is ONc1ccc(-c2ccccc2)cc1.[Ni]. The summed E-state index contributed by atoms with van der Waals surface area (Å²) in [5.41, 5.74) is 5.13. The van der Waals surface area contributed by atoms with Gasteiger partial charge in [0.1, 0.15) is 0 Å². The number of hydrogen-bond acceptors (Lipinski definition) is 2. The van der Waals surface area contributed by atoms with Gasteiger partial charge in [0.25, 0.3) is 0 Å². The van der Waals surface area contributed by atoms with Crippen LogP contribution in [-0.4, -0.2) is 5.21 Å². The molecule has 2 rings (SSSR count). The molecule has 3 heteroatoms. The maximum Gasteiger partial charge on any atom is 0.0602 e.